The van der Waals surface area contributed by atoms with Crippen molar-refractivity contribution < 1.29 is 4.79 Å². The van der Waals surface area contributed by atoms with Crippen LogP contribution in [-0.4, -0.2) is 5.91 Å². The van der Waals surface area contributed by atoms with Crippen molar-refractivity contribution in [2.45, 2.75) is 13.0 Å². The minimum atomic E-state index is -0.0211. The molecule has 98 valence electrons. The van der Waals surface area contributed by atoms with Crippen molar-refractivity contribution >= 4 is 17.3 Å². The van der Waals surface area contributed by atoms with Crippen LogP contribution in [0.25, 0.3) is 0 Å². The molecule has 0 aliphatic rings. The Balaban J connectivity index is 1.86. The summed E-state index contributed by atoms with van der Waals surface area (Å²) in [4.78, 5) is 11.8. The Morgan fingerprint density at radius 3 is 2.37 bits per heavy atom. The molecule has 2 aromatic carbocycles. The van der Waals surface area contributed by atoms with Crippen LogP contribution in [0, 0.1) is 0 Å². The lowest BCUT2D eigenvalue weighted by atomic mass is 10.1. The second-order valence-corrected chi connectivity index (χ2v) is 4.44. The Morgan fingerprint density at radius 1 is 0.947 bits per heavy atom. The molecule has 0 saturated heterocycles. The lowest BCUT2D eigenvalue weighted by Crippen LogP contribution is -2.24. The number of carbonyl (C=O) groups excluding carboxylic acids is 1. The molecule has 0 aromatic heterocycles. The van der Waals surface area contributed by atoms with E-state index in [0.29, 0.717) is 24.3 Å². The molecule has 2 aromatic rings. The predicted molar refractivity (Wildman–Crippen MR) is 77.3 cm³/mol. The van der Waals surface area contributed by atoms with Crippen molar-refractivity contribution in [3.05, 3.63) is 59.7 Å². The van der Waals surface area contributed by atoms with Gasteiger partial charge in [0.15, 0.2) is 0 Å². The van der Waals surface area contributed by atoms with E-state index in [1.165, 1.54) is 0 Å². The molecular weight excluding hydrogens is 238 g/mol. The van der Waals surface area contributed by atoms with Crippen LogP contribution >= 0.6 is 0 Å². The third kappa shape index (κ3) is 4.03. The van der Waals surface area contributed by atoms with E-state index >= 15 is 0 Å². The lowest BCUT2D eigenvalue weighted by Gasteiger charge is -2.06. The van der Waals surface area contributed by atoms with Gasteiger partial charge < -0.3 is 16.8 Å². The molecule has 4 nitrogen and oxygen atoms in total. The molecule has 0 heterocycles. The fraction of sp³-hybridized carbons (Fsp3) is 0.133. The van der Waals surface area contributed by atoms with E-state index in [2.05, 4.69) is 5.32 Å². The molecule has 4 heteroatoms. The van der Waals surface area contributed by atoms with Gasteiger partial charge in [-0.2, -0.15) is 0 Å². The van der Waals surface area contributed by atoms with E-state index in [1.54, 1.807) is 12.1 Å². The van der Waals surface area contributed by atoms with Crippen LogP contribution in [0.3, 0.4) is 0 Å². The summed E-state index contributed by atoms with van der Waals surface area (Å²) in [5.74, 6) is -0.0211. The van der Waals surface area contributed by atoms with Gasteiger partial charge in [-0.1, -0.05) is 24.3 Å². The monoisotopic (exact) mass is 255 g/mol. The van der Waals surface area contributed by atoms with Crippen molar-refractivity contribution in [3.63, 3.8) is 0 Å². The summed E-state index contributed by atoms with van der Waals surface area (Å²) in [7, 11) is 0. The topological polar surface area (TPSA) is 81.1 Å². The quantitative estimate of drug-likeness (QED) is 0.727. The SMILES string of the molecule is Nc1ccc(CC(=O)NCc2cccc(N)c2)cc1. The first kappa shape index (κ1) is 13.0. The van der Waals surface area contributed by atoms with E-state index in [9.17, 15) is 4.79 Å². The number of nitrogens with two attached hydrogens (primary N) is 2. The first-order valence-corrected chi connectivity index (χ1v) is 6.09. The first-order valence-electron chi connectivity index (χ1n) is 6.09. The summed E-state index contributed by atoms with van der Waals surface area (Å²) in [6.07, 6.45) is 0.350. The molecule has 0 atom stereocenters. The Kier molecular flexibility index (Phi) is 4.03. The van der Waals surface area contributed by atoms with Gasteiger partial charge >= 0.3 is 0 Å². The van der Waals surface area contributed by atoms with Crippen molar-refractivity contribution in [2.24, 2.45) is 0 Å². The number of nitrogens with one attached hydrogen (secondary N) is 1. The van der Waals surface area contributed by atoms with Crippen molar-refractivity contribution in [2.75, 3.05) is 11.5 Å². The normalized spacial score (nSPS) is 10.1. The standard InChI is InChI=1S/C15H17N3O/c16-13-6-4-11(5-7-13)9-15(19)18-10-12-2-1-3-14(17)8-12/h1-8H,9-10,16-17H2,(H,18,19). The number of rotatable bonds is 4. The number of hydrogen-bond donors (Lipinski definition) is 3. The van der Waals surface area contributed by atoms with Crippen molar-refractivity contribution in [3.8, 4) is 0 Å². The molecule has 0 unspecified atom stereocenters. The summed E-state index contributed by atoms with van der Waals surface area (Å²) >= 11 is 0. The average molecular weight is 255 g/mol. The maximum Gasteiger partial charge on any atom is 0.224 e. The molecular formula is C15H17N3O. The smallest absolute Gasteiger partial charge is 0.224 e. The number of benzene rings is 2. The van der Waals surface area contributed by atoms with Crippen LogP contribution < -0.4 is 16.8 Å². The number of anilines is 2. The third-order valence-electron chi connectivity index (χ3n) is 2.79. The largest absolute Gasteiger partial charge is 0.399 e. The molecule has 0 aliphatic heterocycles. The van der Waals surface area contributed by atoms with Crippen LogP contribution in [0.2, 0.25) is 0 Å². The van der Waals surface area contributed by atoms with Gasteiger partial charge in [0, 0.05) is 17.9 Å². The van der Waals surface area contributed by atoms with Crippen LogP contribution in [0.4, 0.5) is 11.4 Å². The molecule has 19 heavy (non-hydrogen) atoms. The molecule has 0 fully saturated rings. The van der Waals surface area contributed by atoms with E-state index in [0.717, 1.165) is 11.1 Å². The fourth-order valence-corrected chi connectivity index (χ4v) is 1.79. The second kappa shape index (κ2) is 5.91. The number of nitrogen functional groups attached to an aromatic ring is 2. The van der Waals surface area contributed by atoms with Crippen LogP contribution in [0.5, 0.6) is 0 Å². The molecule has 0 saturated carbocycles. The predicted octanol–water partition coefficient (Wildman–Crippen LogP) is 1.71. The van der Waals surface area contributed by atoms with Gasteiger partial charge in [0.25, 0.3) is 0 Å². The zero-order chi connectivity index (χ0) is 13.7. The van der Waals surface area contributed by atoms with E-state index in [-0.39, 0.29) is 5.91 Å². The summed E-state index contributed by atoms with van der Waals surface area (Å²) in [5, 5.41) is 2.86. The zero-order valence-electron chi connectivity index (χ0n) is 10.6. The highest BCUT2D eigenvalue weighted by atomic mass is 16.1. The fourth-order valence-electron chi connectivity index (χ4n) is 1.79. The van der Waals surface area contributed by atoms with Crippen LogP contribution in [0.1, 0.15) is 11.1 Å². The lowest BCUT2D eigenvalue weighted by molar-refractivity contribution is -0.120. The van der Waals surface area contributed by atoms with Gasteiger partial charge in [-0.25, -0.2) is 0 Å². The second-order valence-electron chi connectivity index (χ2n) is 4.44. The van der Waals surface area contributed by atoms with Gasteiger partial charge in [-0.15, -0.1) is 0 Å². The van der Waals surface area contributed by atoms with E-state index in [1.807, 2.05) is 36.4 Å². The van der Waals surface area contributed by atoms with E-state index in [4.69, 9.17) is 11.5 Å². The number of hydrogen-bond acceptors (Lipinski definition) is 3. The summed E-state index contributed by atoms with van der Waals surface area (Å²) in [6, 6.07) is 14.8. The molecule has 0 bridgehead atoms. The molecule has 0 radical (unpaired) electrons. The van der Waals surface area contributed by atoms with Crippen molar-refractivity contribution in [1.82, 2.24) is 5.32 Å². The summed E-state index contributed by atoms with van der Waals surface area (Å²) in [6.45, 7) is 0.485. The third-order valence-corrected chi connectivity index (χ3v) is 2.79. The maximum atomic E-state index is 11.8. The molecule has 5 N–H and O–H groups in total. The Hall–Kier alpha value is -2.49. The van der Waals surface area contributed by atoms with Crippen molar-refractivity contribution in [1.29, 1.82) is 0 Å². The van der Waals surface area contributed by atoms with Gasteiger partial charge in [0.05, 0.1) is 6.42 Å². The van der Waals surface area contributed by atoms with Gasteiger partial charge in [-0.05, 0) is 35.4 Å². The Morgan fingerprint density at radius 2 is 1.68 bits per heavy atom. The van der Waals surface area contributed by atoms with Crippen LogP contribution in [-0.2, 0) is 17.8 Å². The minimum Gasteiger partial charge on any atom is -0.399 e. The minimum absolute atomic E-state index is 0.0211. The van der Waals surface area contributed by atoms with Gasteiger partial charge in [0.2, 0.25) is 5.91 Å². The number of amides is 1. The first-order chi connectivity index (χ1) is 9.13. The summed E-state index contributed by atoms with van der Waals surface area (Å²) < 4.78 is 0. The molecule has 0 aliphatic carbocycles. The highest BCUT2D eigenvalue weighted by Crippen LogP contribution is 2.07. The Labute approximate surface area is 112 Å². The van der Waals surface area contributed by atoms with Crippen LogP contribution in [0.15, 0.2) is 48.5 Å². The average Bonchev–Trinajstić information content (AvgIpc) is 2.39. The summed E-state index contributed by atoms with van der Waals surface area (Å²) in [5.41, 5.74) is 14.6. The molecule has 2 rings (SSSR count). The molecule has 0 spiro atoms. The highest BCUT2D eigenvalue weighted by Gasteiger charge is 2.03. The molecule has 1 amide bonds. The Bertz CT molecular complexity index is 564. The zero-order valence-corrected chi connectivity index (χ0v) is 10.6. The maximum absolute atomic E-state index is 11.8. The number of carbonyl (C=O) groups is 1. The van der Waals surface area contributed by atoms with Gasteiger partial charge in [0.1, 0.15) is 0 Å². The van der Waals surface area contributed by atoms with E-state index < -0.39 is 0 Å². The van der Waals surface area contributed by atoms with Gasteiger partial charge in [-0.3, -0.25) is 4.79 Å². The highest BCUT2D eigenvalue weighted by molar-refractivity contribution is 5.78.